The minimum absolute atomic E-state index is 0.497. The number of benzene rings is 1. The number of carboxylic acid groups (broad SMARTS) is 1. The van der Waals surface area contributed by atoms with Crippen LogP contribution in [0, 0.1) is 0 Å². The quantitative estimate of drug-likeness (QED) is 0.868. The molecule has 0 bridgehead atoms. The van der Waals surface area contributed by atoms with E-state index >= 15 is 0 Å². The first-order valence-electron chi connectivity index (χ1n) is 8.90. The molecule has 0 radical (unpaired) electrons. The van der Waals surface area contributed by atoms with Crippen LogP contribution in [-0.4, -0.2) is 65.3 Å². The number of hydrogen-bond donors (Lipinski definition) is 2. The summed E-state index contributed by atoms with van der Waals surface area (Å²) in [5.41, 5.74) is 3.24. The molecule has 2 fully saturated rings. The van der Waals surface area contributed by atoms with Gasteiger partial charge in [0.05, 0.1) is 11.2 Å². The number of anilines is 1. The molecule has 0 atom stereocenters. The third kappa shape index (κ3) is 3.24. The van der Waals surface area contributed by atoms with Gasteiger partial charge in [-0.05, 0) is 44.1 Å². The molecule has 7 nitrogen and oxygen atoms in total. The van der Waals surface area contributed by atoms with Crippen LogP contribution in [0.3, 0.4) is 0 Å². The molecule has 0 saturated carbocycles. The predicted octanol–water partition coefficient (Wildman–Crippen LogP) is 1.90. The summed E-state index contributed by atoms with van der Waals surface area (Å²) in [5.74, 6) is 0.497. The van der Waals surface area contributed by atoms with Crippen molar-refractivity contribution in [2.75, 3.05) is 44.2 Å². The summed E-state index contributed by atoms with van der Waals surface area (Å²) in [7, 11) is 0. The van der Waals surface area contributed by atoms with E-state index in [1.165, 1.54) is 4.90 Å². The summed E-state index contributed by atoms with van der Waals surface area (Å²) in [5, 5.41) is 13.6. The Balaban J connectivity index is 1.58. The number of hydrogen-bond acceptors (Lipinski definition) is 5. The fourth-order valence-corrected chi connectivity index (χ4v) is 3.84. The zero-order chi connectivity index (χ0) is 17.2. The summed E-state index contributed by atoms with van der Waals surface area (Å²) in [4.78, 5) is 23.8. The van der Waals surface area contributed by atoms with Crippen LogP contribution in [0.25, 0.3) is 10.9 Å². The van der Waals surface area contributed by atoms with Gasteiger partial charge in [-0.15, -0.1) is 0 Å². The van der Waals surface area contributed by atoms with Gasteiger partial charge in [-0.2, -0.15) is 0 Å². The van der Waals surface area contributed by atoms with Crippen LogP contribution in [0.1, 0.15) is 24.5 Å². The molecule has 2 aliphatic heterocycles. The smallest absolute Gasteiger partial charge is 0.407 e. The van der Waals surface area contributed by atoms with Gasteiger partial charge >= 0.3 is 6.09 Å². The zero-order valence-electron chi connectivity index (χ0n) is 14.2. The molecule has 0 unspecified atom stereocenters. The molecule has 2 aliphatic rings. The van der Waals surface area contributed by atoms with Crippen LogP contribution >= 0.6 is 0 Å². The van der Waals surface area contributed by atoms with E-state index in [0.717, 1.165) is 48.2 Å². The van der Waals surface area contributed by atoms with Crippen molar-refractivity contribution in [3.05, 3.63) is 30.2 Å². The molecule has 2 saturated heterocycles. The normalized spacial score (nSPS) is 19.4. The standard InChI is InChI=1S/C18H23N5O2/c24-18(25)23-9-7-22(8-10-23)14-1-2-15-16(11-14)20-12-21-17(15)13-3-5-19-6-4-13/h1-2,11-13,19H,3-10H2,(H,24,25). The molecule has 1 aromatic heterocycles. The van der Waals surface area contributed by atoms with Gasteiger partial charge in [0, 0.05) is 43.2 Å². The Hall–Kier alpha value is -2.41. The monoisotopic (exact) mass is 341 g/mol. The van der Waals surface area contributed by atoms with Crippen molar-refractivity contribution in [1.82, 2.24) is 20.2 Å². The van der Waals surface area contributed by atoms with Crippen LogP contribution in [0.5, 0.6) is 0 Å². The lowest BCUT2D eigenvalue weighted by Crippen LogP contribution is -2.48. The number of amides is 1. The molecule has 7 heteroatoms. The van der Waals surface area contributed by atoms with Gasteiger partial charge in [-0.25, -0.2) is 14.8 Å². The van der Waals surface area contributed by atoms with Gasteiger partial charge < -0.3 is 20.2 Å². The first-order chi connectivity index (χ1) is 12.2. The van der Waals surface area contributed by atoms with Crippen LogP contribution in [0.2, 0.25) is 0 Å². The van der Waals surface area contributed by atoms with E-state index in [0.29, 0.717) is 32.1 Å². The molecule has 1 amide bonds. The average molecular weight is 341 g/mol. The minimum Gasteiger partial charge on any atom is -0.465 e. The number of carbonyl (C=O) groups is 1. The van der Waals surface area contributed by atoms with E-state index in [2.05, 4.69) is 38.4 Å². The molecular weight excluding hydrogens is 318 g/mol. The number of piperidine rings is 1. The summed E-state index contributed by atoms with van der Waals surface area (Å²) in [6.07, 6.45) is 3.07. The highest BCUT2D eigenvalue weighted by Gasteiger charge is 2.22. The maximum atomic E-state index is 11.0. The van der Waals surface area contributed by atoms with Crippen LogP contribution in [0.4, 0.5) is 10.5 Å². The van der Waals surface area contributed by atoms with E-state index in [-0.39, 0.29) is 0 Å². The first-order valence-corrected chi connectivity index (χ1v) is 8.90. The number of aromatic nitrogens is 2. The topological polar surface area (TPSA) is 81.6 Å². The van der Waals surface area contributed by atoms with Crippen molar-refractivity contribution in [3.8, 4) is 0 Å². The number of nitrogens with one attached hydrogen (secondary N) is 1. The van der Waals surface area contributed by atoms with Crippen molar-refractivity contribution in [2.45, 2.75) is 18.8 Å². The van der Waals surface area contributed by atoms with E-state index in [1.807, 2.05) is 0 Å². The third-order valence-electron chi connectivity index (χ3n) is 5.29. The zero-order valence-corrected chi connectivity index (χ0v) is 14.2. The Morgan fingerprint density at radius 2 is 1.88 bits per heavy atom. The van der Waals surface area contributed by atoms with Gasteiger partial charge in [0.15, 0.2) is 0 Å². The lowest BCUT2D eigenvalue weighted by Gasteiger charge is -2.34. The highest BCUT2D eigenvalue weighted by Crippen LogP contribution is 2.30. The lowest BCUT2D eigenvalue weighted by atomic mass is 9.92. The number of rotatable bonds is 2. The highest BCUT2D eigenvalue weighted by molar-refractivity contribution is 5.84. The van der Waals surface area contributed by atoms with Crippen LogP contribution in [-0.2, 0) is 0 Å². The molecule has 132 valence electrons. The first kappa shape index (κ1) is 16.1. The number of piperazine rings is 1. The average Bonchev–Trinajstić information content (AvgIpc) is 2.68. The molecule has 2 N–H and O–H groups in total. The molecule has 1 aromatic carbocycles. The lowest BCUT2D eigenvalue weighted by molar-refractivity contribution is 0.142. The largest absolute Gasteiger partial charge is 0.465 e. The molecular formula is C18H23N5O2. The fraction of sp³-hybridized carbons (Fsp3) is 0.500. The van der Waals surface area contributed by atoms with E-state index < -0.39 is 6.09 Å². The summed E-state index contributed by atoms with van der Waals surface area (Å²) >= 11 is 0. The predicted molar refractivity (Wildman–Crippen MR) is 96.2 cm³/mol. The van der Waals surface area contributed by atoms with Crippen LogP contribution < -0.4 is 10.2 Å². The Morgan fingerprint density at radius 1 is 1.12 bits per heavy atom. The minimum atomic E-state index is -0.836. The second-order valence-electron chi connectivity index (χ2n) is 6.74. The maximum Gasteiger partial charge on any atom is 0.407 e. The SMILES string of the molecule is O=C(O)N1CCN(c2ccc3c(C4CCNCC4)ncnc3c2)CC1. The summed E-state index contributed by atoms with van der Waals surface area (Å²) in [6, 6.07) is 6.36. The van der Waals surface area contributed by atoms with Crippen LogP contribution in [0.15, 0.2) is 24.5 Å². The molecule has 2 aromatic rings. The molecule has 4 rings (SSSR count). The molecule has 3 heterocycles. The van der Waals surface area contributed by atoms with Gasteiger partial charge in [-0.3, -0.25) is 0 Å². The number of fused-ring (bicyclic) bond motifs is 1. The van der Waals surface area contributed by atoms with Gasteiger partial charge in [0.2, 0.25) is 0 Å². The Morgan fingerprint density at radius 3 is 2.60 bits per heavy atom. The summed E-state index contributed by atoms with van der Waals surface area (Å²) < 4.78 is 0. The van der Waals surface area contributed by atoms with Gasteiger partial charge in [-0.1, -0.05) is 0 Å². The summed E-state index contributed by atoms with van der Waals surface area (Å²) in [6.45, 7) is 4.59. The van der Waals surface area contributed by atoms with Crippen molar-refractivity contribution in [2.24, 2.45) is 0 Å². The fourth-order valence-electron chi connectivity index (χ4n) is 3.84. The van der Waals surface area contributed by atoms with E-state index in [1.54, 1.807) is 6.33 Å². The second kappa shape index (κ2) is 6.84. The Labute approximate surface area is 146 Å². The Kier molecular flexibility index (Phi) is 4.40. The van der Waals surface area contributed by atoms with E-state index in [9.17, 15) is 4.79 Å². The molecule has 0 spiro atoms. The van der Waals surface area contributed by atoms with Crippen molar-refractivity contribution in [3.63, 3.8) is 0 Å². The number of nitrogens with zero attached hydrogens (tertiary/aromatic N) is 4. The maximum absolute atomic E-state index is 11.0. The Bertz CT molecular complexity index is 767. The third-order valence-corrected chi connectivity index (χ3v) is 5.29. The van der Waals surface area contributed by atoms with Crippen molar-refractivity contribution < 1.29 is 9.90 Å². The molecule has 0 aliphatic carbocycles. The van der Waals surface area contributed by atoms with Crippen molar-refractivity contribution in [1.29, 1.82) is 0 Å². The van der Waals surface area contributed by atoms with E-state index in [4.69, 9.17) is 5.11 Å². The molecule has 25 heavy (non-hydrogen) atoms. The van der Waals surface area contributed by atoms with Gasteiger partial charge in [0.1, 0.15) is 6.33 Å². The highest BCUT2D eigenvalue weighted by atomic mass is 16.4. The van der Waals surface area contributed by atoms with Gasteiger partial charge in [0.25, 0.3) is 0 Å². The van der Waals surface area contributed by atoms with Crippen molar-refractivity contribution >= 4 is 22.7 Å². The second-order valence-corrected chi connectivity index (χ2v) is 6.74.